The van der Waals surface area contributed by atoms with E-state index in [1.807, 2.05) is 6.92 Å². The molecule has 0 aliphatic carbocycles. The molecule has 0 fully saturated rings. The Morgan fingerprint density at radius 1 is 1.40 bits per heavy atom. The van der Waals surface area contributed by atoms with Crippen LogP contribution in [-0.4, -0.2) is 50.9 Å². The molecule has 0 aromatic carbocycles. The van der Waals surface area contributed by atoms with Crippen LogP contribution in [0.2, 0.25) is 0 Å². The molecule has 4 N–H and O–H groups in total. The van der Waals surface area contributed by atoms with E-state index < -0.39 is 0 Å². The van der Waals surface area contributed by atoms with Crippen LogP contribution >= 0.6 is 11.3 Å². The Balaban J connectivity index is 2.25. The summed E-state index contributed by atoms with van der Waals surface area (Å²) in [6.07, 6.45) is 0.744. The summed E-state index contributed by atoms with van der Waals surface area (Å²) in [7, 11) is 1.63. The first-order valence-corrected chi connectivity index (χ1v) is 7.35. The van der Waals surface area contributed by atoms with Gasteiger partial charge in [0.15, 0.2) is 5.13 Å². The van der Waals surface area contributed by atoms with Gasteiger partial charge in [-0.25, -0.2) is 4.98 Å². The van der Waals surface area contributed by atoms with Crippen LogP contribution in [0.4, 0.5) is 10.9 Å². The van der Waals surface area contributed by atoms with Gasteiger partial charge in [0.05, 0.1) is 13.2 Å². The van der Waals surface area contributed by atoms with Gasteiger partial charge >= 0.3 is 0 Å². The van der Waals surface area contributed by atoms with Gasteiger partial charge in [-0.3, -0.25) is 4.79 Å². The van der Waals surface area contributed by atoms with Crippen molar-refractivity contribution in [2.75, 3.05) is 51.1 Å². The number of hydrogen-bond donors (Lipinski definition) is 3. The summed E-state index contributed by atoms with van der Waals surface area (Å²) in [6.45, 7) is 4.98. The maximum Gasteiger partial charge on any atom is 0.265 e. The molecule has 0 unspecified atom stereocenters. The number of methoxy groups -OCH3 is 1. The molecule has 0 bridgehead atoms. The number of rotatable bonds is 10. The highest BCUT2D eigenvalue weighted by Gasteiger charge is 2.15. The number of thiazole rings is 1. The van der Waals surface area contributed by atoms with Crippen LogP contribution in [0.5, 0.6) is 0 Å². The first kappa shape index (κ1) is 16.7. The van der Waals surface area contributed by atoms with Crippen molar-refractivity contribution in [3.63, 3.8) is 0 Å². The topological polar surface area (TPSA) is 98.5 Å². The number of nitrogens with one attached hydrogen (secondary N) is 2. The molecule has 1 aromatic heterocycles. The maximum atomic E-state index is 11.9. The Morgan fingerprint density at radius 2 is 2.20 bits per heavy atom. The standard InChI is InChI=1S/C12H22N4O3S/c1-3-14-12-16-10(13)9(20-12)11(17)15-5-4-6-19-8-7-18-2/h3-8,13H2,1-2H3,(H,14,16)(H,15,17). The zero-order valence-corrected chi connectivity index (χ0v) is 12.7. The number of nitrogen functional groups attached to an aromatic ring is 1. The third-order valence-corrected chi connectivity index (χ3v) is 3.40. The molecule has 0 saturated heterocycles. The van der Waals surface area contributed by atoms with E-state index in [0.717, 1.165) is 13.0 Å². The second-order valence-electron chi connectivity index (χ2n) is 3.98. The molecule has 8 heteroatoms. The minimum atomic E-state index is -0.193. The number of aromatic nitrogens is 1. The average Bonchev–Trinajstić information content (AvgIpc) is 2.79. The quantitative estimate of drug-likeness (QED) is 0.556. The smallest absolute Gasteiger partial charge is 0.265 e. The van der Waals surface area contributed by atoms with E-state index in [-0.39, 0.29) is 11.7 Å². The molecule has 0 aliphatic heterocycles. The van der Waals surface area contributed by atoms with E-state index in [9.17, 15) is 4.79 Å². The fourth-order valence-corrected chi connectivity index (χ4v) is 2.29. The Kier molecular flexibility index (Phi) is 7.93. The highest BCUT2D eigenvalue weighted by atomic mass is 32.1. The largest absolute Gasteiger partial charge is 0.382 e. The van der Waals surface area contributed by atoms with Gasteiger partial charge in [0.2, 0.25) is 0 Å². The molecular weight excluding hydrogens is 280 g/mol. The second kappa shape index (κ2) is 9.51. The molecule has 0 atom stereocenters. The number of hydrogen-bond acceptors (Lipinski definition) is 7. The number of carbonyl (C=O) groups excluding carboxylic acids is 1. The van der Waals surface area contributed by atoms with Gasteiger partial charge in [-0.05, 0) is 13.3 Å². The van der Waals surface area contributed by atoms with Crippen LogP contribution in [-0.2, 0) is 9.47 Å². The summed E-state index contributed by atoms with van der Waals surface area (Å²) in [5.74, 6) is 0.0702. The molecule has 0 radical (unpaired) electrons. The number of nitrogens with two attached hydrogens (primary N) is 1. The lowest BCUT2D eigenvalue weighted by atomic mass is 10.4. The van der Waals surface area contributed by atoms with Crippen LogP contribution in [0.3, 0.4) is 0 Å². The molecule has 1 aromatic rings. The van der Waals surface area contributed by atoms with Crippen LogP contribution in [0, 0.1) is 0 Å². The number of nitrogens with zero attached hydrogens (tertiary/aromatic N) is 1. The van der Waals surface area contributed by atoms with Gasteiger partial charge in [0, 0.05) is 26.8 Å². The Bertz CT molecular complexity index is 411. The fourth-order valence-electron chi connectivity index (χ4n) is 1.42. The molecule has 1 amide bonds. The predicted molar refractivity (Wildman–Crippen MR) is 80.3 cm³/mol. The van der Waals surface area contributed by atoms with Crippen molar-refractivity contribution in [1.82, 2.24) is 10.3 Å². The van der Waals surface area contributed by atoms with Gasteiger partial charge in [0.1, 0.15) is 10.7 Å². The van der Waals surface area contributed by atoms with E-state index in [1.165, 1.54) is 11.3 Å². The van der Waals surface area contributed by atoms with Gasteiger partial charge in [-0.1, -0.05) is 11.3 Å². The maximum absolute atomic E-state index is 11.9. The fraction of sp³-hybridized carbons (Fsp3) is 0.667. The van der Waals surface area contributed by atoms with Crippen LogP contribution in [0.1, 0.15) is 23.0 Å². The SMILES string of the molecule is CCNc1nc(N)c(C(=O)NCCCOCCOC)s1. The van der Waals surface area contributed by atoms with Crippen molar-refractivity contribution in [2.45, 2.75) is 13.3 Å². The van der Waals surface area contributed by atoms with E-state index in [2.05, 4.69) is 15.6 Å². The minimum absolute atomic E-state index is 0.193. The highest BCUT2D eigenvalue weighted by molar-refractivity contribution is 7.18. The van der Waals surface area contributed by atoms with Crippen molar-refractivity contribution >= 4 is 28.2 Å². The van der Waals surface area contributed by atoms with Gasteiger partial charge < -0.3 is 25.8 Å². The Hall–Kier alpha value is -1.38. The third kappa shape index (κ3) is 5.72. The molecule has 1 heterocycles. The summed E-state index contributed by atoms with van der Waals surface area (Å²) in [4.78, 5) is 16.4. The molecule has 114 valence electrons. The minimum Gasteiger partial charge on any atom is -0.382 e. The molecule has 7 nitrogen and oxygen atoms in total. The lowest BCUT2D eigenvalue weighted by molar-refractivity contribution is 0.0688. The Morgan fingerprint density at radius 3 is 2.90 bits per heavy atom. The van der Waals surface area contributed by atoms with Crippen molar-refractivity contribution < 1.29 is 14.3 Å². The van der Waals surface area contributed by atoms with Crippen molar-refractivity contribution in [1.29, 1.82) is 0 Å². The van der Waals surface area contributed by atoms with Gasteiger partial charge in [0.25, 0.3) is 5.91 Å². The molecule has 20 heavy (non-hydrogen) atoms. The predicted octanol–water partition coefficient (Wildman–Crippen LogP) is 0.940. The van der Waals surface area contributed by atoms with Crippen LogP contribution < -0.4 is 16.4 Å². The first-order chi connectivity index (χ1) is 9.69. The van der Waals surface area contributed by atoms with E-state index in [4.69, 9.17) is 15.2 Å². The summed E-state index contributed by atoms with van der Waals surface area (Å²) >= 11 is 1.26. The van der Waals surface area contributed by atoms with Crippen molar-refractivity contribution in [3.05, 3.63) is 4.88 Å². The molecule has 0 spiro atoms. The zero-order chi connectivity index (χ0) is 14.8. The normalized spacial score (nSPS) is 10.5. The summed E-state index contributed by atoms with van der Waals surface area (Å²) < 4.78 is 10.2. The highest BCUT2D eigenvalue weighted by Crippen LogP contribution is 2.24. The van der Waals surface area contributed by atoms with Gasteiger partial charge in [-0.2, -0.15) is 0 Å². The van der Waals surface area contributed by atoms with Gasteiger partial charge in [-0.15, -0.1) is 0 Å². The summed E-state index contributed by atoms with van der Waals surface area (Å²) in [6, 6.07) is 0. The Labute approximate surface area is 122 Å². The number of carbonyl (C=O) groups is 1. The molecule has 0 saturated carbocycles. The molecule has 1 rings (SSSR count). The van der Waals surface area contributed by atoms with Crippen molar-refractivity contribution in [3.8, 4) is 0 Å². The number of anilines is 2. The molecular formula is C12H22N4O3S. The zero-order valence-electron chi connectivity index (χ0n) is 11.9. The van der Waals surface area contributed by atoms with E-state index in [0.29, 0.717) is 36.4 Å². The number of ether oxygens (including phenoxy) is 2. The lowest BCUT2D eigenvalue weighted by Gasteiger charge is -2.05. The second-order valence-corrected chi connectivity index (χ2v) is 4.98. The monoisotopic (exact) mass is 302 g/mol. The average molecular weight is 302 g/mol. The first-order valence-electron chi connectivity index (χ1n) is 6.54. The lowest BCUT2D eigenvalue weighted by Crippen LogP contribution is -2.25. The number of amides is 1. The van der Waals surface area contributed by atoms with E-state index in [1.54, 1.807) is 7.11 Å². The van der Waals surface area contributed by atoms with Crippen LogP contribution in [0.25, 0.3) is 0 Å². The van der Waals surface area contributed by atoms with E-state index >= 15 is 0 Å². The summed E-state index contributed by atoms with van der Waals surface area (Å²) in [5.41, 5.74) is 5.72. The van der Waals surface area contributed by atoms with Crippen molar-refractivity contribution in [2.24, 2.45) is 0 Å². The van der Waals surface area contributed by atoms with Crippen LogP contribution in [0.15, 0.2) is 0 Å². The molecule has 0 aliphatic rings. The third-order valence-electron chi connectivity index (χ3n) is 2.37. The summed E-state index contributed by atoms with van der Waals surface area (Å²) in [5, 5.41) is 6.50.